The van der Waals surface area contributed by atoms with Crippen molar-refractivity contribution in [1.82, 2.24) is 19.5 Å². The molecule has 0 radical (unpaired) electrons. The summed E-state index contributed by atoms with van der Waals surface area (Å²) in [6.45, 7) is 0. The van der Waals surface area contributed by atoms with Crippen LogP contribution < -0.4 is 0 Å². The fourth-order valence-corrected chi connectivity index (χ4v) is 8.78. The Morgan fingerprint density at radius 3 is 1.76 bits per heavy atom. The van der Waals surface area contributed by atoms with Crippen LogP contribution in [-0.4, -0.2) is 19.5 Å². The molecule has 0 aliphatic carbocycles. The first-order chi connectivity index (χ1) is 28.8. The Balaban J connectivity index is 1.16. The molecule has 0 atom stereocenters. The third kappa shape index (κ3) is 5.00. The molecule has 0 fully saturated rings. The van der Waals surface area contributed by atoms with Crippen molar-refractivity contribution >= 4 is 65.3 Å². The fourth-order valence-electron chi connectivity index (χ4n) is 8.78. The predicted octanol–water partition coefficient (Wildman–Crippen LogP) is 13.8. The van der Waals surface area contributed by atoms with Gasteiger partial charge in [-0.05, 0) is 57.6 Å². The van der Waals surface area contributed by atoms with E-state index in [1.54, 1.807) is 0 Å². The second kappa shape index (κ2) is 12.8. The van der Waals surface area contributed by atoms with Gasteiger partial charge in [0.1, 0.15) is 5.58 Å². The monoisotopic (exact) mass is 740 g/mol. The topological polar surface area (TPSA) is 56.7 Å². The minimum Gasteiger partial charge on any atom is -0.454 e. The summed E-state index contributed by atoms with van der Waals surface area (Å²) in [5.74, 6) is 1.82. The summed E-state index contributed by atoms with van der Waals surface area (Å²) in [5.41, 5.74) is 9.88. The Kier molecular flexibility index (Phi) is 7.16. The molecule has 0 N–H and O–H groups in total. The number of benzene rings is 9. The van der Waals surface area contributed by atoms with Crippen molar-refractivity contribution < 1.29 is 4.42 Å². The molecule has 5 heteroatoms. The van der Waals surface area contributed by atoms with E-state index >= 15 is 0 Å². The third-order valence-electron chi connectivity index (χ3n) is 11.4. The van der Waals surface area contributed by atoms with Crippen molar-refractivity contribution in [2.45, 2.75) is 0 Å². The first kappa shape index (κ1) is 32.4. The highest BCUT2D eigenvalue weighted by atomic mass is 16.3. The molecule has 0 unspecified atom stereocenters. The van der Waals surface area contributed by atoms with Crippen LogP contribution in [0.1, 0.15) is 0 Å². The molecular weight excluding hydrogens is 709 g/mol. The normalized spacial score (nSPS) is 11.8. The highest BCUT2D eigenvalue weighted by Crippen LogP contribution is 2.44. The Morgan fingerprint density at radius 2 is 1.00 bits per heavy atom. The largest absolute Gasteiger partial charge is 0.454 e. The third-order valence-corrected chi connectivity index (χ3v) is 11.4. The zero-order valence-corrected chi connectivity index (χ0v) is 31.2. The van der Waals surface area contributed by atoms with Crippen molar-refractivity contribution in [3.63, 3.8) is 0 Å². The smallest absolute Gasteiger partial charge is 0.164 e. The van der Waals surface area contributed by atoms with Gasteiger partial charge >= 0.3 is 0 Å². The highest BCUT2D eigenvalue weighted by molar-refractivity contribution is 6.21. The number of rotatable bonds is 5. The van der Waals surface area contributed by atoms with Gasteiger partial charge in [0, 0.05) is 43.6 Å². The van der Waals surface area contributed by atoms with E-state index in [2.05, 4.69) is 126 Å². The molecule has 58 heavy (non-hydrogen) atoms. The highest BCUT2D eigenvalue weighted by Gasteiger charge is 2.24. The van der Waals surface area contributed by atoms with Gasteiger partial charge in [-0.1, -0.05) is 164 Å². The lowest BCUT2D eigenvalue weighted by molar-refractivity contribution is 0.666. The Bertz CT molecular complexity index is 3500. The van der Waals surface area contributed by atoms with Gasteiger partial charge in [-0.25, -0.2) is 15.0 Å². The molecule has 0 saturated heterocycles. The Morgan fingerprint density at radius 1 is 0.379 bits per heavy atom. The second-order valence-electron chi connectivity index (χ2n) is 14.7. The summed E-state index contributed by atoms with van der Waals surface area (Å²) in [7, 11) is 0. The summed E-state index contributed by atoms with van der Waals surface area (Å²) < 4.78 is 9.35. The lowest BCUT2D eigenvalue weighted by atomic mass is 9.97. The van der Waals surface area contributed by atoms with E-state index in [0.717, 1.165) is 55.3 Å². The van der Waals surface area contributed by atoms with Gasteiger partial charge in [0.2, 0.25) is 0 Å². The van der Waals surface area contributed by atoms with Gasteiger partial charge in [-0.15, -0.1) is 0 Å². The van der Waals surface area contributed by atoms with E-state index < -0.39 is 0 Å². The number of nitrogens with zero attached hydrogens (tertiary/aromatic N) is 4. The summed E-state index contributed by atoms with van der Waals surface area (Å²) in [6, 6.07) is 68.0. The number of hydrogen-bond acceptors (Lipinski definition) is 4. The van der Waals surface area contributed by atoms with Gasteiger partial charge in [-0.3, -0.25) is 0 Å². The van der Waals surface area contributed by atoms with Crippen LogP contribution in [0.15, 0.2) is 199 Å². The zero-order chi connectivity index (χ0) is 38.2. The van der Waals surface area contributed by atoms with Crippen molar-refractivity contribution in [2.75, 3.05) is 0 Å². The SMILES string of the molecule is c1ccc(-c2nc(-c3ccccc3)nc(-c3ccc(-n4c5ccc(-c6cccc7ccccc67)cc5c5ccc6ccccc6c54)c4oc5ccccc5c34)n2)cc1. The number of hydrogen-bond donors (Lipinski definition) is 0. The second-order valence-corrected chi connectivity index (χ2v) is 14.7. The van der Waals surface area contributed by atoms with Crippen LogP contribution in [0.4, 0.5) is 0 Å². The minimum absolute atomic E-state index is 0.586. The summed E-state index contributed by atoms with van der Waals surface area (Å²) in [6.07, 6.45) is 0. The Hall–Kier alpha value is -7.89. The maximum atomic E-state index is 6.96. The van der Waals surface area contributed by atoms with Gasteiger partial charge < -0.3 is 8.98 Å². The van der Waals surface area contributed by atoms with E-state index in [9.17, 15) is 0 Å². The molecule has 0 aliphatic heterocycles. The van der Waals surface area contributed by atoms with Crippen LogP contribution in [0.25, 0.3) is 116 Å². The van der Waals surface area contributed by atoms with E-state index in [-0.39, 0.29) is 0 Å². The van der Waals surface area contributed by atoms with Crippen LogP contribution in [0.5, 0.6) is 0 Å². The van der Waals surface area contributed by atoms with Crippen LogP contribution >= 0.6 is 0 Å². The maximum absolute atomic E-state index is 6.96. The van der Waals surface area contributed by atoms with E-state index in [4.69, 9.17) is 19.4 Å². The molecule has 12 rings (SSSR count). The van der Waals surface area contributed by atoms with E-state index in [1.807, 2.05) is 72.8 Å². The van der Waals surface area contributed by atoms with Crippen LogP contribution in [0.2, 0.25) is 0 Å². The molecule has 0 aliphatic rings. The number of fused-ring (bicyclic) bond motifs is 9. The van der Waals surface area contributed by atoms with Crippen LogP contribution in [0, 0.1) is 0 Å². The lowest BCUT2D eigenvalue weighted by Crippen LogP contribution is -2.01. The molecule has 0 spiro atoms. The molecule has 9 aromatic carbocycles. The molecule has 0 saturated carbocycles. The molecule has 3 aromatic heterocycles. The van der Waals surface area contributed by atoms with Gasteiger partial charge in [0.15, 0.2) is 23.1 Å². The van der Waals surface area contributed by atoms with Crippen LogP contribution in [0.3, 0.4) is 0 Å². The molecule has 0 amide bonds. The summed E-state index contributed by atoms with van der Waals surface area (Å²) in [5, 5.41) is 9.14. The fraction of sp³-hybridized carbons (Fsp3) is 0. The Labute approximate surface area is 333 Å². The zero-order valence-electron chi connectivity index (χ0n) is 31.2. The van der Waals surface area contributed by atoms with Crippen molar-refractivity contribution in [1.29, 1.82) is 0 Å². The molecule has 5 nitrogen and oxygen atoms in total. The quantitative estimate of drug-likeness (QED) is 0.176. The number of furan rings is 1. The maximum Gasteiger partial charge on any atom is 0.164 e. The summed E-state index contributed by atoms with van der Waals surface area (Å²) in [4.78, 5) is 15.3. The predicted molar refractivity (Wildman–Crippen MR) is 238 cm³/mol. The van der Waals surface area contributed by atoms with Gasteiger partial charge in [0.05, 0.1) is 16.7 Å². The standard InChI is InChI=1S/C53H32N4O/c1-3-16-35(17-4-1)51-54-52(36-18-5-2-6-19-36)56-53(55-51)43-29-31-46(50-48(43)42-23-11-12-25-47(42)58-50)57-45-30-27-37(39-24-13-20-33-14-7-9-21-38(33)39)32-44(45)41-28-26-34-15-8-10-22-40(34)49(41)57/h1-32H. The average molecular weight is 741 g/mol. The van der Waals surface area contributed by atoms with E-state index in [0.29, 0.717) is 17.5 Å². The van der Waals surface area contributed by atoms with E-state index in [1.165, 1.54) is 43.4 Å². The molecule has 3 heterocycles. The number of para-hydroxylation sites is 1. The van der Waals surface area contributed by atoms with Gasteiger partial charge in [0.25, 0.3) is 0 Å². The molecule has 12 aromatic rings. The van der Waals surface area contributed by atoms with Gasteiger partial charge in [-0.2, -0.15) is 0 Å². The molecular formula is C53H32N4O. The summed E-state index contributed by atoms with van der Waals surface area (Å²) >= 11 is 0. The first-order valence-corrected chi connectivity index (χ1v) is 19.5. The minimum atomic E-state index is 0.586. The van der Waals surface area contributed by atoms with Crippen molar-refractivity contribution in [3.05, 3.63) is 194 Å². The number of aromatic nitrogens is 4. The van der Waals surface area contributed by atoms with Crippen LogP contribution in [-0.2, 0) is 0 Å². The van der Waals surface area contributed by atoms with Crippen molar-refractivity contribution in [2.24, 2.45) is 0 Å². The molecule has 270 valence electrons. The molecule has 0 bridgehead atoms. The average Bonchev–Trinajstić information content (AvgIpc) is 3.85. The van der Waals surface area contributed by atoms with Crippen molar-refractivity contribution in [3.8, 4) is 51.0 Å². The first-order valence-electron chi connectivity index (χ1n) is 19.5. The lowest BCUT2D eigenvalue weighted by Gasteiger charge is -2.13.